The Hall–Kier alpha value is -2.74. The Balaban J connectivity index is 1.35. The van der Waals surface area contributed by atoms with Gasteiger partial charge in [-0.2, -0.15) is 13.2 Å². The number of piperazine rings is 1. The van der Waals surface area contributed by atoms with Gasteiger partial charge >= 0.3 is 6.18 Å². The molecule has 0 atom stereocenters. The first-order valence-corrected chi connectivity index (χ1v) is 8.98. The molecule has 4 rings (SSSR count). The summed E-state index contributed by atoms with van der Waals surface area (Å²) in [5.74, 6) is 0.961. The van der Waals surface area contributed by atoms with E-state index in [1.54, 1.807) is 23.1 Å². The lowest BCUT2D eigenvalue weighted by molar-refractivity contribution is -0.137. The van der Waals surface area contributed by atoms with Gasteiger partial charge in [0, 0.05) is 32.7 Å². The number of ether oxygens (including phenoxy) is 2. The first kappa shape index (κ1) is 18.6. The number of carbonyl (C=O) groups is 1. The maximum absolute atomic E-state index is 12.8. The molecule has 2 aromatic rings. The van der Waals surface area contributed by atoms with E-state index in [1.807, 2.05) is 0 Å². The van der Waals surface area contributed by atoms with Crippen LogP contribution in [-0.4, -0.2) is 48.7 Å². The summed E-state index contributed by atoms with van der Waals surface area (Å²) in [5, 5.41) is 0. The number of rotatable bonds is 3. The van der Waals surface area contributed by atoms with Gasteiger partial charge in [0.15, 0.2) is 11.5 Å². The fraction of sp³-hybridized carbons (Fsp3) is 0.350. The highest BCUT2D eigenvalue weighted by Gasteiger charge is 2.30. The number of fused-ring (bicyclic) bond motifs is 1. The third-order valence-electron chi connectivity index (χ3n) is 4.97. The van der Waals surface area contributed by atoms with E-state index in [-0.39, 0.29) is 12.7 Å². The minimum Gasteiger partial charge on any atom is -0.454 e. The Morgan fingerprint density at radius 1 is 0.964 bits per heavy atom. The highest BCUT2D eigenvalue weighted by Crippen LogP contribution is 2.36. The fourth-order valence-electron chi connectivity index (χ4n) is 3.44. The van der Waals surface area contributed by atoms with Crippen LogP contribution in [-0.2, 0) is 12.7 Å². The van der Waals surface area contributed by atoms with Crippen molar-refractivity contribution in [1.82, 2.24) is 9.80 Å². The van der Waals surface area contributed by atoms with Crippen molar-refractivity contribution in [3.63, 3.8) is 0 Å². The van der Waals surface area contributed by atoms with Crippen molar-refractivity contribution in [3.8, 4) is 11.5 Å². The van der Waals surface area contributed by atoms with Crippen LogP contribution in [0.5, 0.6) is 11.5 Å². The molecule has 0 radical (unpaired) electrons. The molecule has 0 spiro atoms. The molecule has 1 saturated heterocycles. The first-order chi connectivity index (χ1) is 13.4. The predicted molar refractivity (Wildman–Crippen MR) is 95.2 cm³/mol. The molecule has 2 aliphatic heterocycles. The second-order valence-corrected chi connectivity index (χ2v) is 6.80. The molecule has 0 unspecified atom stereocenters. The van der Waals surface area contributed by atoms with E-state index in [4.69, 9.17) is 9.47 Å². The number of halogens is 3. The van der Waals surface area contributed by atoms with Gasteiger partial charge in [-0.15, -0.1) is 0 Å². The van der Waals surface area contributed by atoms with E-state index in [9.17, 15) is 18.0 Å². The number of benzene rings is 2. The van der Waals surface area contributed by atoms with Gasteiger partial charge in [0.05, 0.1) is 11.1 Å². The molecular formula is C20H19F3N2O3. The minimum absolute atomic E-state index is 0.100. The van der Waals surface area contributed by atoms with Crippen LogP contribution in [0.3, 0.4) is 0 Å². The Bertz CT molecular complexity index is 860. The number of carbonyl (C=O) groups excluding carboxylic acids is 1. The maximum atomic E-state index is 12.8. The van der Waals surface area contributed by atoms with E-state index in [1.165, 1.54) is 12.1 Å². The van der Waals surface area contributed by atoms with Gasteiger partial charge in [0.25, 0.3) is 5.91 Å². The summed E-state index contributed by atoms with van der Waals surface area (Å²) < 4.78 is 48.7. The summed E-state index contributed by atoms with van der Waals surface area (Å²) in [4.78, 5) is 16.7. The summed E-state index contributed by atoms with van der Waals surface area (Å²) in [7, 11) is 0. The lowest BCUT2D eigenvalue weighted by atomic mass is 10.1. The number of nitrogens with zero attached hydrogens (tertiary/aromatic N) is 2. The molecule has 2 aliphatic rings. The lowest BCUT2D eigenvalue weighted by Gasteiger charge is -2.35. The largest absolute Gasteiger partial charge is 0.454 e. The van der Waals surface area contributed by atoms with Crippen molar-refractivity contribution in [1.29, 1.82) is 0 Å². The third-order valence-corrected chi connectivity index (χ3v) is 4.97. The van der Waals surface area contributed by atoms with Crippen LogP contribution in [0.15, 0.2) is 42.5 Å². The van der Waals surface area contributed by atoms with Gasteiger partial charge in [-0.1, -0.05) is 18.2 Å². The normalized spacial score (nSPS) is 17.0. The zero-order chi connectivity index (χ0) is 19.7. The van der Waals surface area contributed by atoms with Crippen molar-refractivity contribution in [2.24, 2.45) is 0 Å². The summed E-state index contributed by atoms with van der Waals surface area (Å²) in [6.45, 7) is 3.06. The van der Waals surface area contributed by atoms with Crippen LogP contribution in [0, 0.1) is 0 Å². The zero-order valence-corrected chi connectivity index (χ0v) is 15.0. The molecule has 5 nitrogen and oxygen atoms in total. The summed E-state index contributed by atoms with van der Waals surface area (Å²) in [5.41, 5.74) is 0.665. The van der Waals surface area contributed by atoms with Gasteiger partial charge in [-0.25, -0.2) is 0 Å². The highest BCUT2D eigenvalue weighted by atomic mass is 19.4. The van der Waals surface area contributed by atoms with E-state index in [2.05, 4.69) is 4.90 Å². The molecule has 2 aromatic carbocycles. The van der Waals surface area contributed by atoms with Gasteiger partial charge < -0.3 is 14.4 Å². The Morgan fingerprint density at radius 3 is 2.36 bits per heavy atom. The Morgan fingerprint density at radius 2 is 1.68 bits per heavy atom. The molecule has 0 bridgehead atoms. The molecule has 2 heterocycles. The standard InChI is InChI=1S/C20H19F3N2O3/c21-20(22,23)15-6-4-14(5-7-15)12-24-8-10-25(11-9-24)19(26)16-2-1-3-17-18(16)28-13-27-17/h1-7H,8-13H2. The number of hydrogen-bond donors (Lipinski definition) is 0. The van der Waals surface area contributed by atoms with E-state index in [0.29, 0.717) is 49.8 Å². The second-order valence-electron chi connectivity index (χ2n) is 6.80. The number of hydrogen-bond acceptors (Lipinski definition) is 4. The smallest absolute Gasteiger partial charge is 0.416 e. The maximum Gasteiger partial charge on any atom is 0.416 e. The van der Waals surface area contributed by atoms with Gasteiger partial charge in [-0.05, 0) is 29.8 Å². The van der Waals surface area contributed by atoms with Gasteiger partial charge in [0.1, 0.15) is 0 Å². The van der Waals surface area contributed by atoms with Crippen molar-refractivity contribution < 1.29 is 27.4 Å². The number of amides is 1. The van der Waals surface area contributed by atoms with E-state index in [0.717, 1.165) is 17.7 Å². The van der Waals surface area contributed by atoms with Crippen molar-refractivity contribution in [2.75, 3.05) is 33.0 Å². The van der Waals surface area contributed by atoms with Crippen LogP contribution >= 0.6 is 0 Å². The third kappa shape index (κ3) is 3.77. The molecule has 0 aromatic heterocycles. The molecule has 0 saturated carbocycles. The van der Waals surface area contributed by atoms with E-state index < -0.39 is 11.7 Å². The van der Waals surface area contributed by atoms with Gasteiger partial charge in [-0.3, -0.25) is 9.69 Å². The van der Waals surface area contributed by atoms with Gasteiger partial charge in [0.2, 0.25) is 6.79 Å². The Kier molecular flexibility index (Phi) is 4.89. The molecule has 1 amide bonds. The molecule has 0 N–H and O–H groups in total. The number of para-hydroxylation sites is 1. The van der Waals surface area contributed by atoms with Crippen LogP contribution in [0.1, 0.15) is 21.5 Å². The summed E-state index contributed by atoms with van der Waals surface area (Å²) in [6, 6.07) is 10.5. The molecule has 28 heavy (non-hydrogen) atoms. The van der Waals surface area contributed by atoms with Crippen LogP contribution in [0.25, 0.3) is 0 Å². The molecule has 8 heteroatoms. The van der Waals surface area contributed by atoms with Crippen molar-refractivity contribution in [3.05, 3.63) is 59.2 Å². The predicted octanol–water partition coefficient (Wildman–Crippen LogP) is 3.39. The topological polar surface area (TPSA) is 42.0 Å². The minimum atomic E-state index is -4.32. The van der Waals surface area contributed by atoms with Crippen molar-refractivity contribution >= 4 is 5.91 Å². The fourth-order valence-corrected chi connectivity index (χ4v) is 3.44. The van der Waals surface area contributed by atoms with E-state index >= 15 is 0 Å². The average Bonchev–Trinajstić information content (AvgIpc) is 3.17. The monoisotopic (exact) mass is 392 g/mol. The molecular weight excluding hydrogens is 373 g/mol. The van der Waals surface area contributed by atoms with Crippen LogP contribution in [0.2, 0.25) is 0 Å². The Labute approximate surface area is 160 Å². The molecule has 0 aliphatic carbocycles. The van der Waals surface area contributed by atoms with Crippen LogP contribution in [0.4, 0.5) is 13.2 Å². The quantitative estimate of drug-likeness (QED) is 0.803. The molecule has 1 fully saturated rings. The highest BCUT2D eigenvalue weighted by molar-refractivity contribution is 5.98. The average molecular weight is 392 g/mol. The lowest BCUT2D eigenvalue weighted by Crippen LogP contribution is -2.48. The summed E-state index contributed by atoms with van der Waals surface area (Å²) >= 11 is 0. The second kappa shape index (κ2) is 7.35. The zero-order valence-electron chi connectivity index (χ0n) is 15.0. The first-order valence-electron chi connectivity index (χ1n) is 8.98. The summed E-state index contributed by atoms with van der Waals surface area (Å²) in [6.07, 6.45) is -4.32. The SMILES string of the molecule is O=C(c1cccc2c1OCO2)N1CCN(Cc2ccc(C(F)(F)F)cc2)CC1. The number of alkyl halides is 3. The van der Waals surface area contributed by atoms with Crippen LogP contribution < -0.4 is 9.47 Å². The van der Waals surface area contributed by atoms with Crippen molar-refractivity contribution in [2.45, 2.75) is 12.7 Å². The molecule has 148 valence electrons.